The molecule has 0 radical (unpaired) electrons. The highest BCUT2D eigenvalue weighted by atomic mass is 32.1. The topological polar surface area (TPSA) is 34.1 Å². The Morgan fingerprint density at radius 3 is 2.78 bits per heavy atom. The molecule has 1 aromatic heterocycles. The third-order valence-corrected chi connectivity index (χ3v) is 4.23. The first kappa shape index (κ1) is 14.0. The van der Waals surface area contributed by atoms with Gasteiger partial charge in [-0.2, -0.15) is 0 Å². The van der Waals surface area contributed by atoms with Gasteiger partial charge >= 0.3 is 0 Å². The molecule has 0 aromatic carbocycles. The Labute approximate surface area is 114 Å². The number of aromatic nitrogens is 1. The van der Waals surface area contributed by atoms with Crippen molar-refractivity contribution in [1.29, 1.82) is 0 Å². The molecule has 1 fully saturated rings. The van der Waals surface area contributed by atoms with Gasteiger partial charge in [0.1, 0.15) is 0 Å². The first-order chi connectivity index (χ1) is 8.54. The van der Waals surface area contributed by atoms with Crippen LogP contribution in [-0.2, 0) is 11.2 Å². The van der Waals surface area contributed by atoms with E-state index in [1.165, 1.54) is 10.7 Å². The number of ether oxygens (including phenoxy) is 1. The van der Waals surface area contributed by atoms with Gasteiger partial charge in [-0.15, -0.1) is 11.3 Å². The van der Waals surface area contributed by atoms with Crippen molar-refractivity contribution in [3.63, 3.8) is 0 Å². The molecule has 0 bridgehead atoms. The quantitative estimate of drug-likeness (QED) is 0.911. The van der Waals surface area contributed by atoms with E-state index >= 15 is 0 Å². The summed E-state index contributed by atoms with van der Waals surface area (Å²) >= 11 is 1.82. The van der Waals surface area contributed by atoms with Crippen LogP contribution in [0.2, 0.25) is 0 Å². The highest BCUT2D eigenvalue weighted by Gasteiger charge is 2.19. The molecule has 102 valence electrons. The summed E-state index contributed by atoms with van der Waals surface area (Å²) in [5, 5.41) is 7.03. The van der Waals surface area contributed by atoms with Gasteiger partial charge in [-0.3, -0.25) is 0 Å². The maximum Gasteiger partial charge on any atom is 0.0960 e. The molecular weight excluding hydrogens is 244 g/mol. The Hall–Kier alpha value is -0.450. The third-order valence-electron chi connectivity index (χ3n) is 3.18. The van der Waals surface area contributed by atoms with Crippen LogP contribution in [0, 0.1) is 0 Å². The Morgan fingerprint density at radius 1 is 1.39 bits per heavy atom. The SMILES string of the molecule is CC(C)(C)NCCc1csc(C2CCOCC2)n1. The van der Waals surface area contributed by atoms with Gasteiger partial charge in [0.15, 0.2) is 0 Å². The number of nitrogens with one attached hydrogen (secondary N) is 1. The van der Waals surface area contributed by atoms with Gasteiger partial charge in [-0.05, 0) is 33.6 Å². The van der Waals surface area contributed by atoms with Crippen molar-refractivity contribution in [2.45, 2.75) is 51.5 Å². The Kier molecular flexibility index (Phi) is 4.76. The lowest BCUT2D eigenvalue weighted by Crippen LogP contribution is -2.37. The van der Waals surface area contributed by atoms with Gasteiger partial charge in [0, 0.05) is 43.0 Å². The van der Waals surface area contributed by atoms with Crippen molar-refractivity contribution < 1.29 is 4.74 Å². The molecule has 1 saturated heterocycles. The second-order valence-electron chi connectivity index (χ2n) is 5.99. The molecule has 1 aliphatic rings. The molecule has 0 amide bonds. The van der Waals surface area contributed by atoms with E-state index in [1.54, 1.807) is 0 Å². The van der Waals surface area contributed by atoms with Crippen LogP contribution in [0.15, 0.2) is 5.38 Å². The second-order valence-corrected chi connectivity index (χ2v) is 6.88. The molecule has 0 unspecified atom stereocenters. The maximum absolute atomic E-state index is 5.40. The molecule has 2 heterocycles. The average molecular weight is 268 g/mol. The van der Waals surface area contributed by atoms with E-state index in [2.05, 4.69) is 31.5 Å². The largest absolute Gasteiger partial charge is 0.381 e. The minimum absolute atomic E-state index is 0.194. The van der Waals surface area contributed by atoms with Crippen LogP contribution < -0.4 is 5.32 Å². The van der Waals surface area contributed by atoms with Crippen LogP contribution in [-0.4, -0.2) is 30.3 Å². The molecule has 0 spiro atoms. The second kappa shape index (κ2) is 6.13. The Balaban J connectivity index is 1.82. The van der Waals surface area contributed by atoms with E-state index in [0.717, 1.165) is 39.0 Å². The first-order valence-electron chi connectivity index (χ1n) is 6.82. The monoisotopic (exact) mass is 268 g/mol. The van der Waals surface area contributed by atoms with E-state index < -0.39 is 0 Å². The Morgan fingerprint density at radius 2 is 2.11 bits per heavy atom. The van der Waals surface area contributed by atoms with E-state index in [-0.39, 0.29) is 5.54 Å². The van der Waals surface area contributed by atoms with Gasteiger partial charge in [0.25, 0.3) is 0 Å². The Bertz CT molecular complexity index is 364. The predicted molar refractivity (Wildman–Crippen MR) is 76.4 cm³/mol. The minimum atomic E-state index is 0.194. The van der Waals surface area contributed by atoms with Crippen LogP contribution >= 0.6 is 11.3 Å². The van der Waals surface area contributed by atoms with Gasteiger partial charge in [0.2, 0.25) is 0 Å². The number of thiazole rings is 1. The van der Waals surface area contributed by atoms with Crippen LogP contribution in [0.4, 0.5) is 0 Å². The zero-order chi connectivity index (χ0) is 13.0. The van der Waals surface area contributed by atoms with Gasteiger partial charge in [-0.1, -0.05) is 0 Å². The molecule has 0 atom stereocenters. The van der Waals surface area contributed by atoms with Crippen LogP contribution in [0.3, 0.4) is 0 Å². The summed E-state index contributed by atoms with van der Waals surface area (Å²) in [5.41, 5.74) is 1.43. The van der Waals surface area contributed by atoms with E-state index in [1.807, 2.05) is 11.3 Å². The normalized spacial score (nSPS) is 18.2. The summed E-state index contributed by atoms with van der Waals surface area (Å²) in [6.45, 7) is 9.38. The number of hydrogen-bond acceptors (Lipinski definition) is 4. The fourth-order valence-corrected chi connectivity index (χ4v) is 3.16. The zero-order valence-electron chi connectivity index (χ0n) is 11.7. The lowest BCUT2D eigenvalue weighted by Gasteiger charge is -2.20. The number of nitrogens with zero attached hydrogens (tertiary/aromatic N) is 1. The summed E-state index contributed by atoms with van der Waals surface area (Å²) < 4.78 is 5.40. The van der Waals surface area contributed by atoms with Crippen molar-refractivity contribution in [2.24, 2.45) is 0 Å². The van der Waals surface area contributed by atoms with Crippen molar-refractivity contribution in [1.82, 2.24) is 10.3 Å². The maximum atomic E-state index is 5.40. The number of hydrogen-bond donors (Lipinski definition) is 1. The fourth-order valence-electron chi connectivity index (χ4n) is 2.14. The van der Waals surface area contributed by atoms with Crippen molar-refractivity contribution >= 4 is 11.3 Å². The molecule has 18 heavy (non-hydrogen) atoms. The summed E-state index contributed by atoms with van der Waals surface area (Å²) in [6.07, 6.45) is 3.29. The van der Waals surface area contributed by atoms with E-state index in [4.69, 9.17) is 9.72 Å². The van der Waals surface area contributed by atoms with Gasteiger partial charge < -0.3 is 10.1 Å². The lowest BCUT2D eigenvalue weighted by atomic mass is 10.0. The summed E-state index contributed by atoms with van der Waals surface area (Å²) in [6, 6.07) is 0. The molecule has 1 aliphatic heterocycles. The standard InChI is InChI=1S/C14H24N2OS/c1-14(2,3)15-7-4-12-10-18-13(16-12)11-5-8-17-9-6-11/h10-11,15H,4-9H2,1-3H3. The molecule has 2 rings (SSSR count). The third kappa shape index (κ3) is 4.34. The van der Waals surface area contributed by atoms with Gasteiger partial charge in [-0.25, -0.2) is 4.98 Å². The van der Waals surface area contributed by atoms with E-state index in [0.29, 0.717) is 5.92 Å². The van der Waals surface area contributed by atoms with Crippen molar-refractivity contribution in [3.8, 4) is 0 Å². The highest BCUT2D eigenvalue weighted by Crippen LogP contribution is 2.29. The van der Waals surface area contributed by atoms with Crippen LogP contribution in [0.5, 0.6) is 0 Å². The molecule has 0 saturated carbocycles. The number of rotatable bonds is 4. The zero-order valence-corrected chi connectivity index (χ0v) is 12.5. The van der Waals surface area contributed by atoms with E-state index in [9.17, 15) is 0 Å². The lowest BCUT2D eigenvalue weighted by molar-refractivity contribution is 0.0852. The summed E-state index contributed by atoms with van der Waals surface area (Å²) in [4.78, 5) is 4.78. The molecule has 4 heteroatoms. The summed E-state index contributed by atoms with van der Waals surface area (Å²) in [7, 11) is 0. The molecular formula is C14H24N2OS. The summed E-state index contributed by atoms with van der Waals surface area (Å²) in [5.74, 6) is 0.632. The van der Waals surface area contributed by atoms with Crippen molar-refractivity contribution in [3.05, 3.63) is 16.1 Å². The molecule has 1 aromatic rings. The molecule has 3 nitrogen and oxygen atoms in total. The fraction of sp³-hybridized carbons (Fsp3) is 0.786. The average Bonchev–Trinajstić information content (AvgIpc) is 2.77. The predicted octanol–water partition coefficient (Wildman–Crippen LogP) is 2.97. The minimum Gasteiger partial charge on any atom is -0.381 e. The molecule has 0 aliphatic carbocycles. The van der Waals surface area contributed by atoms with Crippen molar-refractivity contribution in [2.75, 3.05) is 19.8 Å². The van der Waals surface area contributed by atoms with Gasteiger partial charge in [0.05, 0.1) is 10.7 Å². The van der Waals surface area contributed by atoms with Crippen LogP contribution in [0.25, 0.3) is 0 Å². The van der Waals surface area contributed by atoms with Crippen LogP contribution in [0.1, 0.15) is 50.2 Å². The highest BCUT2D eigenvalue weighted by molar-refractivity contribution is 7.09. The smallest absolute Gasteiger partial charge is 0.0960 e. The molecule has 1 N–H and O–H groups in total. The first-order valence-corrected chi connectivity index (χ1v) is 7.69.